The molecule has 0 spiro atoms. The Morgan fingerprint density at radius 2 is 1.88 bits per heavy atom. The van der Waals surface area contributed by atoms with Gasteiger partial charge in [-0.25, -0.2) is 0 Å². The van der Waals surface area contributed by atoms with Crippen LogP contribution < -0.4 is 4.90 Å². The standard InChI is InChI=1S/C20H21N3O2/c1-15-5-4-6-16(13-15)22-9-11-23(12-10-22)20(24)14-18-17-7-2-3-8-19(17)25-21-18/h2-8,13H,9-12,14H2,1H3. The SMILES string of the molecule is Cc1cccc(N2CCN(C(=O)Cc3noc4ccccc34)CC2)c1. The van der Waals surface area contributed by atoms with Crippen molar-refractivity contribution >= 4 is 22.6 Å². The minimum absolute atomic E-state index is 0.114. The zero-order valence-electron chi connectivity index (χ0n) is 14.3. The highest BCUT2D eigenvalue weighted by atomic mass is 16.5. The van der Waals surface area contributed by atoms with Crippen molar-refractivity contribution in [2.24, 2.45) is 0 Å². The summed E-state index contributed by atoms with van der Waals surface area (Å²) in [5.41, 5.74) is 3.94. The van der Waals surface area contributed by atoms with Crippen molar-refractivity contribution in [1.29, 1.82) is 0 Å². The fourth-order valence-corrected chi connectivity index (χ4v) is 3.36. The largest absolute Gasteiger partial charge is 0.368 e. The van der Waals surface area contributed by atoms with E-state index in [1.165, 1.54) is 11.3 Å². The first-order chi connectivity index (χ1) is 12.2. The molecule has 0 radical (unpaired) electrons. The molecule has 0 unspecified atom stereocenters. The van der Waals surface area contributed by atoms with E-state index in [0.29, 0.717) is 6.42 Å². The fraction of sp³-hybridized carbons (Fsp3) is 0.300. The maximum absolute atomic E-state index is 12.6. The molecule has 3 aromatic rings. The average molecular weight is 335 g/mol. The molecule has 1 aromatic heterocycles. The van der Waals surface area contributed by atoms with Crippen LogP contribution in [0.1, 0.15) is 11.3 Å². The minimum atomic E-state index is 0.114. The number of aryl methyl sites for hydroxylation is 1. The Hall–Kier alpha value is -2.82. The Morgan fingerprint density at radius 3 is 2.68 bits per heavy atom. The molecule has 1 fully saturated rings. The van der Waals surface area contributed by atoms with E-state index in [-0.39, 0.29) is 5.91 Å². The molecule has 0 bridgehead atoms. The third-order valence-electron chi connectivity index (χ3n) is 4.77. The van der Waals surface area contributed by atoms with Gasteiger partial charge in [-0.1, -0.05) is 29.4 Å². The lowest BCUT2D eigenvalue weighted by Crippen LogP contribution is -2.49. The number of benzene rings is 2. The first-order valence-corrected chi connectivity index (χ1v) is 8.63. The molecular formula is C20H21N3O2. The van der Waals surface area contributed by atoms with Gasteiger partial charge in [0.2, 0.25) is 5.91 Å². The van der Waals surface area contributed by atoms with Crippen LogP contribution in [-0.4, -0.2) is 42.1 Å². The minimum Gasteiger partial charge on any atom is -0.368 e. The number of amides is 1. The van der Waals surface area contributed by atoms with E-state index < -0.39 is 0 Å². The average Bonchev–Trinajstić information content (AvgIpc) is 3.05. The lowest BCUT2D eigenvalue weighted by atomic mass is 10.1. The maximum atomic E-state index is 12.6. The number of hydrogen-bond acceptors (Lipinski definition) is 4. The first-order valence-electron chi connectivity index (χ1n) is 8.63. The summed E-state index contributed by atoms with van der Waals surface area (Å²) < 4.78 is 5.29. The van der Waals surface area contributed by atoms with Crippen LogP contribution >= 0.6 is 0 Å². The topological polar surface area (TPSA) is 49.6 Å². The van der Waals surface area contributed by atoms with Crippen LogP contribution in [0.5, 0.6) is 0 Å². The van der Waals surface area contributed by atoms with Gasteiger partial charge in [-0.3, -0.25) is 4.79 Å². The number of aromatic nitrogens is 1. The Morgan fingerprint density at radius 1 is 1.08 bits per heavy atom. The quantitative estimate of drug-likeness (QED) is 0.738. The maximum Gasteiger partial charge on any atom is 0.228 e. The molecule has 0 aliphatic carbocycles. The molecule has 2 heterocycles. The van der Waals surface area contributed by atoms with E-state index in [9.17, 15) is 4.79 Å². The van der Waals surface area contributed by atoms with E-state index in [1.54, 1.807) is 0 Å². The molecule has 1 aliphatic heterocycles. The lowest BCUT2D eigenvalue weighted by molar-refractivity contribution is -0.130. The Balaban J connectivity index is 1.40. The molecule has 0 saturated carbocycles. The molecule has 0 N–H and O–H groups in total. The van der Waals surface area contributed by atoms with Crippen molar-refractivity contribution in [2.45, 2.75) is 13.3 Å². The van der Waals surface area contributed by atoms with E-state index >= 15 is 0 Å². The summed E-state index contributed by atoms with van der Waals surface area (Å²) in [7, 11) is 0. The summed E-state index contributed by atoms with van der Waals surface area (Å²) in [6.45, 7) is 5.29. The number of carbonyl (C=O) groups is 1. The summed E-state index contributed by atoms with van der Waals surface area (Å²) >= 11 is 0. The van der Waals surface area contributed by atoms with Gasteiger partial charge < -0.3 is 14.3 Å². The number of rotatable bonds is 3. The van der Waals surface area contributed by atoms with Crippen LogP contribution in [0.4, 0.5) is 5.69 Å². The summed E-state index contributed by atoms with van der Waals surface area (Å²) in [6, 6.07) is 16.2. The lowest BCUT2D eigenvalue weighted by Gasteiger charge is -2.36. The Bertz CT molecular complexity index is 895. The van der Waals surface area contributed by atoms with Crippen molar-refractivity contribution < 1.29 is 9.32 Å². The van der Waals surface area contributed by atoms with Crippen LogP contribution in [0.2, 0.25) is 0 Å². The second-order valence-electron chi connectivity index (χ2n) is 6.51. The number of carbonyl (C=O) groups excluding carboxylic acids is 1. The summed E-state index contributed by atoms with van der Waals surface area (Å²) in [6.07, 6.45) is 0.293. The van der Waals surface area contributed by atoms with Gasteiger partial charge in [-0.2, -0.15) is 0 Å². The molecule has 128 valence electrons. The van der Waals surface area contributed by atoms with E-state index in [4.69, 9.17) is 4.52 Å². The molecule has 1 amide bonds. The second-order valence-corrected chi connectivity index (χ2v) is 6.51. The number of para-hydroxylation sites is 1. The van der Waals surface area contributed by atoms with Gasteiger partial charge in [0.15, 0.2) is 5.58 Å². The van der Waals surface area contributed by atoms with Crippen molar-refractivity contribution in [3.05, 3.63) is 59.8 Å². The first kappa shape index (κ1) is 15.7. The fourth-order valence-electron chi connectivity index (χ4n) is 3.36. The molecule has 5 heteroatoms. The van der Waals surface area contributed by atoms with Gasteiger partial charge in [0.25, 0.3) is 0 Å². The molecule has 4 rings (SSSR count). The molecule has 25 heavy (non-hydrogen) atoms. The number of piperazine rings is 1. The zero-order chi connectivity index (χ0) is 17.2. The molecule has 5 nitrogen and oxygen atoms in total. The van der Waals surface area contributed by atoms with E-state index in [2.05, 4.69) is 41.2 Å². The van der Waals surface area contributed by atoms with Gasteiger partial charge >= 0.3 is 0 Å². The van der Waals surface area contributed by atoms with Crippen molar-refractivity contribution in [3.8, 4) is 0 Å². The summed E-state index contributed by atoms with van der Waals surface area (Å²) in [4.78, 5) is 16.9. The highest BCUT2D eigenvalue weighted by Gasteiger charge is 2.23. The van der Waals surface area contributed by atoms with Crippen molar-refractivity contribution in [1.82, 2.24) is 10.1 Å². The third kappa shape index (κ3) is 3.22. The smallest absolute Gasteiger partial charge is 0.228 e. The second kappa shape index (κ2) is 6.59. The summed E-state index contributed by atoms with van der Waals surface area (Å²) in [5.74, 6) is 0.114. The van der Waals surface area contributed by atoms with Crippen LogP contribution in [0.25, 0.3) is 11.0 Å². The zero-order valence-corrected chi connectivity index (χ0v) is 14.3. The van der Waals surface area contributed by atoms with Crippen LogP contribution in [0.15, 0.2) is 53.1 Å². The van der Waals surface area contributed by atoms with E-state index in [1.807, 2.05) is 29.2 Å². The highest BCUT2D eigenvalue weighted by molar-refractivity contribution is 5.86. The molecule has 1 aliphatic rings. The number of hydrogen-bond donors (Lipinski definition) is 0. The monoisotopic (exact) mass is 335 g/mol. The predicted molar refractivity (Wildman–Crippen MR) is 97.7 cm³/mol. The molecule has 2 aromatic carbocycles. The predicted octanol–water partition coefficient (Wildman–Crippen LogP) is 3.03. The van der Waals surface area contributed by atoms with Gasteiger partial charge in [-0.05, 0) is 36.8 Å². The van der Waals surface area contributed by atoms with Gasteiger partial charge in [-0.15, -0.1) is 0 Å². The van der Waals surface area contributed by atoms with Crippen molar-refractivity contribution in [2.75, 3.05) is 31.1 Å². The number of fused-ring (bicyclic) bond motifs is 1. The molecule has 0 atom stereocenters. The number of anilines is 1. The number of nitrogens with zero attached hydrogens (tertiary/aromatic N) is 3. The van der Waals surface area contributed by atoms with Gasteiger partial charge in [0.05, 0.1) is 6.42 Å². The Kier molecular flexibility index (Phi) is 4.14. The van der Waals surface area contributed by atoms with Gasteiger partial charge in [0, 0.05) is 37.3 Å². The normalized spacial score (nSPS) is 14.9. The van der Waals surface area contributed by atoms with Crippen molar-refractivity contribution in [3.63, 3.8) is 0 Å². The van der Waals surface area contributed by atoms with Crippen LogP contribution in [0.3, 0.4) is 0 Å². The van der Waals surface area contributed by atoms with Crippen LogP contribution in [0, 0.1) is 6.92 Å². The Labute approximate surface area is 146 Å². The van der Waals surface area contributed by atoms with Gasteiger partial charge in [0.1, 0.15) is 5.69 Å². The third-order valence-corrected chi connectivity index (χ3v) is 4.77. The molecule has 1 saturated heterocycles. The van der Waals surface area contributed by atoms with Crippen LogP contribution in [-0.2, 0) is 11.2 Å². The summed E-state index contributed by atoms with van der Waals surface area (Å²) in [5, 5.41) is 4.99. The highest BCUT2D eigenvalue weighted by Crippen LogP contribution is 2.20. The molecular weight excluding hydrogens is 314 g/mol. The van der Waals surface area contributed by atoms with E-state index in [0.717, 1.165) is 42.8 Å².